The molecule has 9 nitrogen and oxygen atoms in total. The molecule has 34 heavy (non-hydrogen) atoms. The average molecular weight is 472 g/mol. The summed E-state index contributed by atoms with van der Waals surface area (Å²) in [5, 5.41) is 24.5. The SMILES string of the molecule is CCCCC/C=C/C(=O)N[C@@H](Cc1ccccc1)C(=O)N[C@H](/C=C/C(=O)O)CCCNC(=N)N. The molecule has 0 heterocycles. The van der Waals surface area contributed by atoms with E-state index in [4.69, 9.17) is 16.2 Å². The minimum Gasteiger partial charge on any atom is -0.478 e. The van der Waals surface area contributed by atoms with Crippen molar-refractivity contribution in [2.75, 3.05) is 6.54 Å². The zero-order valence-electron chi connectivity index (χ0n) is 19.8. The Morgan fingerprint density at radius 3 is 2.47 bits per heavy atom. The molecule has 0 aromatic heterocycles. The number of guanidine groups is 1. The Kier molecular flexibility index (Phi) is 14.2. The maximum Gasteiger partial charge on any atom is 0.328 e. The summed E-state index contributed by atoms with van der Waals surface area (Å²) in [5.41, 5.74) is 6.16. The summed E-state index contributed by atoms with van der Waals surface area (Å²) in [6.07, 6.45) is 10.9. The van der Waals surface area contributed by atoms with Crippen LogP contribution in [0.25, 0.3) is 0 Å². The normalized spacial score (nSPS) is 12.9. The van der Waals surface area contributed by atoms with E-state index in [2.05, 4.69) is 22.9 Å². The predicted molar refractivity (Wildman–Crippen MR) is 133 cm³/mol. The fraction of sp³-hybridized carbons (Fsp3) is 0.440. The number of carbonyl (C=O) groups is 3. The first-order chi connectivity index (χ1) is 16.3. The number of nitrogens with two attached hydrogens (primary N) is 1. The van der Waals surface area contributed by atoms with Gasteiger partial charge < -0.3 is 26.8 Å². The lowest BCUT2D eigenvalue weighted by molar-refractivity contribution is -0.131. The van der Waals surface area contributed by atoms with E-state index in [1.165, 1.54) is 12.2 Å². The number of benzene rings is 1. The number of rotatable bonds is 16. The van der Waals surface area contributed by atoms with Crippen molar-refractivity contribution in [3.8, 4) is 0 Å². The number of carboxylic acids is 1. The number of nitrogens with one attached hydrogen (secondary N) is 4. The van der Waals surface area contributed by atoms with Gasteiger partial charge in [0.15, 0.2) is 5.96 Å². The van der Waals surface area contributed by atoms with Gasteiger partial charge in [0, 0.05) is 25.1 Å². The topological polar surface area (TPSA) is 157 Å². The van der Waals surface area contributed by atoms with E-state index in [1.54, 1.807) is 0 Å². The molecule has 7 N–H and O–H groups in total. The standard InChI is InChI=1S/C25H37N5O4/c1-2-3-4-5-9-14-22(31)30-21(18-19-11-7-6-8-12-19)24(34)29-20(15-16-23(32)33)13-10-17-28-25(26)27/h6-9,11-12,14-16,20-21H,2-5,10,13,17-18H2,1H3,(H,29,34)(H,30,31)(H,32,33)(H4,26,27,28)/b14-9+,16-15+/t20-,21-/m0/s1. The Bertz CT molecular complexity index is 839. The molecular formula is C25H37N5O4. The molecule has 9 heteroatoms. The van der Waals surface area contributed by atoms with Gasteiger partial charge in [-0.15, -0.1) is 0 Å². The number of hydrogen-bond acceptors (Lipinski definition) is 4. The van der Waals surface area contributed by atoms with Gasteiger partial charge in [0.2, 0.25) is 11.8 Å². The number of hydrogen-bond donors (Lipinski definition) is 6. The van der Waals surface area contributed by atoms with E-state index in [-0.39, 0.29) is 11.9 Å². The van der Waals surface area contributed by atoms with Crippen LogP contribution >= 0.6 is 0 Å². The van der Waals surface area contributed by atoms with Crippen LogP contribution < -0.4 is 21.7 Å². The highest BCUT2D eigenvalue weighted by molar-refractivity contribution is 5.93. The molecule has 1 aromatic rings. The molecule has 2 amide bonds. The van der Waals surface area contributed by atoms with E-state index < -0.39 is 24.0 Å². The van der Waals surface area contributed by atoms with Crippen molar-refractivity contribution in [3.05, 3.63) is 60.2 Å². The first-order valence-corrected chi connectivity index (χ1v) is 11.6. The van der Waals surface area contributed by atoms with Gasteiger partial charge in [-0.25, -0.2) is 4.79 Å². The average Bonchev–Trinajstić information content (AvgIpc) is 2.79. The minimum atomic E-state index is -1.12. The zero-order chi connectivity index (χ0) is 25.2. The summed E-state index contributed by atoms with van der Waals surface area (Å²) in [5.74, 6) is -2.04. The van der Waals surface area contributed by atoms with Crippen molar-refractivity contribution in [1.29, 1.82) is 5.41 Å². The molecule has 2 atom stereocenters. The smallest absolute Gasteiger partial charge is 0.328 e. The molecule has 0 unspecified atom stereocenters. The van der Waals surface area contributed by atoms with Crippen LogP contribution in [0, 0.1) is 5.41 Å². The molecule has 0 saturated carbocycles. The van der Waals surface area contributed by atoms with Gasteiger partial charge in [0.1, 0.15) is 6.04 Å². The quantitative estimate of drug-likeness (QED) is 0.0939. The summed E-state index contributed by atoms with van der Waals surface area (Å²) >= 11 is 0. The van der Waals surface area contributed by atoms with Gasteiger partial charge in [-0.1, -0.05) is 62.2 Å². The molecule has 0 saturated heterocycles. The highest BCUT2D eigenvalue weighted by Crippen LogP contribution is 2.06. The van der Waals surface area contributed by atoms with E-state index in [0.717, 1.165) is 37.3 Å². The highest BCUT2D eigenvalue weighted by atomic mass is 16.4. The molecule has 0 fully saturated rings. The van der Waals surface area contributed by atoms with Crippen molar-refractivity contribution in [1.82, 2.24) is 16.0 Å². The fourth-order valence-corrected chi connectivity index (χ4v) is 3.22. The Labute approximate surface area is 201 Å². The lowest BCUT2D eigenvalue weighted by atomic mass is 10.0. The van der Waals surface area contributed by atoms with Crippen LogP contribution in [0.3, 0.4) is 0 Å². The maximum atomic E-state index is 13.1. The Morgan fingerprint density at radius 1 is 1.09 bits per heavy atom. The van der Waals surface area contributed by atoms with Crippen LogP contribution in [0.1, 0.15) is 51.0 Å². The van der Waals surface area contributed by atoms with Gasteiger partial charge in [0.05, 0.1) is 0 Å². The molecule has 0 spiro atoms. The van der Waals surface area contributed by atoms with Crippen LogP contribution in [0.15, 0.2) is 54.6 Å². The molecule has 1 aromatic carbocycles. The summed E-state index contributed by atoms with van der Waals surface area (Å²) in [6.45, 7) is 2.53. The van der Waals surface area contributed by atoms with E-state index in [0.29, 0.717) is 25.8 Å². The third-order valence-corrected chi connectivity index (χ3v) is 4.97. The third-order valence-electron chi connectivity index (χ3n) is 4.97. The summed E-state index contributed by atoms with van der Waals surface area (Å²) in [4.78, 5) is 36.5. The Balaban J connectivity index is 2.86. The second-order valence-corrected chi connectivity index (χ2v) is 7.94. The van der Waals surface area contributed by atoms with E-state index >= 15 is 0 Å². The van der Waals surface area contributed by atoms with E-state index in [1.807, 2.05) is 36.4 Å². The predicted octanol–water partition coefficient (Wildman–Crippen LogP) is 2.24. The maximum absolute atomic E-state index is 13.1. The first-order valence-electron chi connectivity index (χ1n) is 11.6. The van der Waals surface area contributed by atoms with Crippen molar-refractivity contribution >= 4 is 23.7 Å². The molecule has 1 rings (SSSR count). The lowest BCUT2D eigenvalue weighted by Gasteiger charge is -2.22. The Morgan fingerprint density at radius 2 is 1.82 bits per heavy atom. The molecule has 0 radical (unpaired) electrons. The fourth-order valence-electron chi connectivity index (χ4n) is 3.22. The summed E-state index contributed by atoms with van der Waals surface area (Å²) in [7, 11) is 0. The first kappa shape index (κ1) is 28.4. The van der Waals surface area contributed by atoms with Crippen LogP contribution in [0.5, 0.6) is 0 Å². The van der Waals surface area contributed by atoms with Crippen LogP contribution in [-0.2, 0) is 20.8 Å². The zero-order valence-corrected chi connectivity index (χ0v) is 19.8. The third kappa shape index (κ3) is 13.7. The van der Waals surface area contributed by atoms with Crippen molar-refractivity contribution in [3.63, 3.8) is 0 Å². The van der Waals surface area contributed by atoms with Gasteiger partial charge in [-0.2, -0.15) is 0 Å². The second kappa shape index (κ2) is 16.9. The van der Waals surface area contributed by atoms with Crippen LogP contribution in [0.4, 0.5) is 0 Å². The lowest BCUT2D eigenvalue weighted by Crippen LogP contribution is -2.50. The molecule has 0 aliphatic heterocycles. The molecule has 0 bridgehead atoms. The number of carbonyl (C=O) groups excluding carboxylic acids is 2. The molecule has 186 valence electrons. The Hall–Kier alpha value is -3.62. The van der Waals surface area contributed by atoms with Crippen LogP contribution in [0.2, 0.25) is 0 Å². The second-order valence-electron chi connectivity index (χ2n) is 7.94. The van der Waals surface area contributed by atoms with Crippen molar-refractivity contribution in [2.24, 2.45) is 5.73 Å². The molecule has 0 aliphatic carbocycles. The number of amides is 2. The van der Waals surface area contributed by atoms with Gasteiger partial charge >= 0.3 is 5.97 Å². The minimum absolute atomic E-state index is 0.157. The van der Waals surface area contributed by atoms with E-state index in [9.17, 15) is 14.4 Å². The highest BCUT2D eigenvalue weighted by Gasteiger charge is 2.22. The summed E-state index contributed by atoms with van der Waals surface area (Å²) in [6, 6.07) is 7.96. The summed E-state index contributed by atoms with van der Waals surface area (Å²) < 4.78 is 0. The van der Waals surface area contributed by atoms with Crippen molar-refractivity contribution < 1.29 is 19.5 Å². The van der Waals surface area contributed by atoms with Crippen LogP contribution in [-0.4, -0.2) is 47.5 Å². The van der Waals surface area contributed by atoms with Gasteiger partial charge in [0.25, 0.3) is 0 Å². The molecule has 0 aliphatic rings. The number of allylic oxidation sites excluding steroid dienone is 1. The van der Waals surface area contributed by atoms with Crippen molar-refractivity contribution in [2.45, 2.75) is 64.0 Å². The molecular weight excluding hydrogens is 434 g/mol. The largest absolute Gasteiger partial charge is 0.478 e. The number of carboxylic acid groups (broad SMARTS) is 1. The van der Waals surface area contributed by atoms with Gasteiger partial charge in [-0.05, 0) is 37.3 Å². The monoisotopic (exact) mass is 471 g/mol. The number of aliphatic carboxylic acids is 1. The number of unbranched alkanes of at least 4 members (excludes halogenated alkanes) is 3. The van der Waals surface area contributed by atoms with Gasteiger partial charge in [-0.3, -0.25) is 15.0 Å².